The van der Waals surface area contributed by atoms with E-state index in [1.54, 1.807) is 36.1 Å². The van der Waals surface area contributed by atoms with Crippen LogP contribution < -0.4 is 10.1 Å². The van der Waals surface area contributed by atoms with E-state index in [0.29, 0.717) is 11.4 Å². The van der Waals surface area contributed by atoms with Gasteiger partial charge in [-0.3, -0.25) is 0 Å². The third-order valence-electron chi connectivity index (χ3n) is 3.74. The number of hydrogen-bond donors (Lipinski definition) is 1. The van der Waals surface area contributed by atoms with Gasteiger partial charge in [0.2, 0.25) is 0 Å². The highest BCUT2D eigenvalue weighted by molar-refractivity contribution is 7.90. The summed E-state index contributed by atoms with van der Waals surface area (Å²) in [6.45, 7) is 0.543. The van der Waals surface area contributed by atoms with Crippen LogP contribution in [0.5, 0.6) is 5.75 Å². The van der Waals surface area contributed by atoms with E-state index in [1.165, 1.54) is 6.26 Å². The van der Waals surface area contributed by atoms with Crippen LogP contribution in [-0.4, -0.2) is 31.6 Å². The second-order valence-corrected chi connectivity index (χ2v) is 7.62. The van der Waals surface area contributed by atoms with Crippen molar-refractivity contribution in [2.24, 2.45) is 0 Å². The molecule has 0 saturated carbocycles. The van der Waals surface area contributed by atoms with Crippen molar-refractivity contribution in [2.75, 3.05) is 18.7 Å². The van der Waals surface area contributed by atoms with Crippen molar-refractivity contribution in [2.45, 2.75) is 11.4 Å². The number of benzene rings is 2. The van der Waals surface area contributed by atoms with Crippen LogP contribution in [0, 0.1) is 0 Å². The normalized spacial score (nSPS) is 11.3. The van der Waals surface area contributed by atoms with Crippen LogP contribution in [0.2, 0.25) is 0 Å². The maximum Gasteiger partial charge on any atom is 0.175 e. The van der Waals surface area contributed by atoms with Crippen molar-refractivity contribution in [1.82, 2.24) is 9.78 Å². The summed E-state index contributed by atoms with van der Waals surface area (Å²) in [7, 11) is -1.54. The average Bonchev–Trinajstić information content (AvgIpc) is 3.09. The second kappa shape index (κ2) is 6.98. The lowest BCUT2D eigenvalue weighted by atomic mass is 10.3. The minimum Gasteiger partial charge on any atom is -0.497 e. The molecule has 0 fully saturated rings. The van der Waals surface area contributed by atoms with Crippen molar-refractivity contribution in [3.05, 3.63) is 66.5 Å². The van der Waals surface area contributed by atoms with E-state index in [1.807, 2.05) is 36.5 Å². The summed E-state index contributed by atoms with van der Waals surface area (Å²) >= 11 is 0. The quantitative estimate of drug-likeness (QED) is 0.734. The molecule has 0 aliphatic carbocycles. The lowest BCUT2D eigenvalue weighted by Crippen LogP contribution is -2.03. The Morgan fingerprint density at radius 2 is 1.72 bits per heavy atom. The molecule has 25 heavy (non-hydrogen) atoms. The third kappa shape index (κ3) is 4.19. The Kier molecular flexibility index (Phi) is 4.76. The highest BCUT2D eigenvalue weighted by Crippen LogP contribution is 2.16. The van der Waals surface area contributed by atoms with Crippen LogP contribution in [0.3, 0.4) is 0 Å². The molecule has 6 nitrogen and oxygen atoms in total. The fourth-order valence-electron chi connectivity index (χ4n) is 2.35. The minimum absolute atomic E-state index is 0.307. The van der Waals surface area contributed by atoms with E-state index in [0.717, 1.165) is 22.8 Å². The molecule has 0 amide bonds. The average molecular weight is 357 g/mol. The Morgan fingerprint density at radius 3 is 2.32 bits per heavy atom. The van der Waals surface area contributed by atoms with Crippen LogP contribution >= 0.6 is 0 Å². The number of ether oxygens (including phenoxy) is 1. The molecule has 0 aliphatic heterocycles. The molecule has 7 heteroatoms. The summed E-state index contributed by atoms with van der Waals surface area (Å²) in [6.07, 6.45) is 3.09. The van der Waals surface area contributed by atoms with Gasteiger partial charge < -0.3 is 10.1 Å². The first-order valence-electron chi connectivity index (χ1n) is 7.69. The molecule has 1 N–H and O–H groups in total. The Balaban J connectivity index is 1.65. The van der Waals surface area contributed by atoms with Gasteiger partial charge in [0.1, 0.15) is 5.75 Å². The molecular formula is C18H19N3O3S. The fourth-order valence-corrected chi connectivity index (χ4v) is 2.98. The minimum atomic E-state index is -3.17. The number of rotatable bonds is 6. The molecule has 3 rings (SSSR count). The van der Waals surface area contributed by atoms with Gasteiger partial charge in [0.05, 0.1) is 29.9 Å². The first kappa shape index (κ1) is 17.0. The third-order valence-corrected chi connectivity index (χ3v) is 4.87. The van der Waals surface area contributed by atoms with E-state index in [2.05, 4.69) is 10.4 Å². The maximum absolute atomic E-state index is 11.5. The van der Waals surface area contributed by atoms with Crippen LogP contribution in [0.4, 0.5) is 5.69 Å². The zero-order valence-electron chi connectivity index (χ0n) is 14.0. The summed E-state index contributed by atoms with van der Waals surface area (Å²) in [5.41, 5.74) is 2.67. The first-order valence-corrected chi connectivity index (χ1v) is 9.58. The monoisotopic (exact) mass is 357 g/mol. The van der Waals surface area contributed by atoms with Gasteiger partial charge in [0, 0.05) is 18.1 Å². The SMILES string of the molecule is COc1ccc(-n2ccc(CNc3ccc(S(C)(=O)=O)cc3)n2)cc1. The van der Waals surface area contributed by atoms with Gasteiger partial charge in [-0.1, -0.05) is 0 Å². The van der Waals surface area contributed by atoms with E-state index in [-0.39, 0.29) is 0 Å². The van der Waals surface area contributed by atoms with Gasteiger partial charge in [0.25, 0.3) is 0 Å². The Bertz CT molecular complexity index is 946. The molecule has 0 unspecified atom stereocenters. The second-order valence-electron chi connectivity index (χ2n) is 5.60. The van der Waals surface area contributed by atoms with Crippen molar-refractivity contribution in [3.8, 4) is 11.4 Å². The summed E-state index contributed by atoms with van der Waals surface area (Å²) in [5.74, 6) is 0.801. The molecule has 0 bridgehead atoms. The number of nitrogens with zero attached hydrogens (tertiary/aromatic N) is 2. The Morgan fingerprint density at radius 1 is 1.04 bits per heavy atom. The van der Waals surface area contributed by atoms with E-state index in [9.17, 15) is 8.42 Å². The molecule has 1 aromatic heterocycles. The molecule has 0 aliphatic rings. The van der Waals surface area contributed by atoms with Crippen LogP contribution in [0.1, 0.15) is 5.69 Å². The van der Waals surface area contributed by atoms with Crippen molar-refractivity contribution in [3.63, 3.8) is 0 Å². The Labute approximate surface area is 147 Å². The molecule has 0 atom stereocenters. The smallest absolute Gasteiger partial charge is 0.175 e. The molecule has 0 spiro atoms. The zero-order chi connectivity index (χ0) is 17.9. The van der Waals surface area contributed by atoms with Gasteiger partial charge in [0.15, 0.2) is 9.84 Å². The van der Waals surface area contributed by atoms with Crippen LogP contribution in [-0.2, 0) is 16.4 Å². The molecule has 0 saturated heterocycles. The van der Waals surface area contributed by atoms with Crippen LogP contribution in [0.15, 0.2) is 65.7 Å². The Hall–Kier alpha value is -2.80. The van der Waals surface area contributed by atoms with E-state index < -0.39 is 9.84 Å². The van der Waals surface area contributed by atoms with Crippen LogP contribution in [0.25, 0.3) is 5.69 Å². The highest BCUT2D eigenvalue weighted by Gasteiger charge is 2.06. The largest absolute Gasteiger partial charge is 0.497 e. The number of methoxy groups -OCH3 is 1. The lowest BCUT2D eigenvalue weighted by Gasteiger charge is -2.06. The number of aromatic nitrogens is 2. The molecule has 3 aromatic rings. The standard InChI is InChI=1S/C18H19N3O3S/c1-24-17-7-5-16(6-8-17)21-12-11-15(20-21)13-19-14-3-9-18(10-4-14)25(2,22)23/h3-12,19H,13H2,1-2H3. The van der Waals surface area contributed by atoms with E-state index in [4.69, 9.17) is 4.74 Å². The van der Waals surface area contributed by atoms with E-state index >= 15 is 0 Å². The highest BCUT2D eigenvalue weighted by atomic mass is 32.2. The van der Waals surface area contributed by atoms with Gasteiger partial charge in [-0.05, 0) is 54.6 Å². The topological polar surface area (TPSA) is 73.2 Å². The van der Waals surface area contributed by atoms with Gasteiger partial charge in [-0.25, -0.2) is 13.1 Å². The van der Waals surface area contributed by atoms with Gasteiger partial charge in [-0.15, -0.1) is 0 Å². The zero-order valence-corrected chi connectivity index (χ0v) is 14.8. The first-order chi connectivity index (χ1) is 12.0. The predicted octanol–water partition coefficient (Wildman–Crippen LogP) is 2.90. The number of sulfone groups is 1. The maximum atomic E-state index is 11.5. The number of anilines is 1. The van der Waals surface area contributed by atoms with Crippen molar-refractivity contribution >= 4 is 15.5 Å². The number of hydrogen-bond acceptors (Lipinski definition) is 5. The fraction of sp³-hybridized carbons (Fsp3) is 0.167. The molecule has 130 valence electrons. The van der Waals surface area contributed by atoms with Gasteiger partial charge in [-0.2, -0.15) is 5.10 Å². The summed E-state index contributed by atoms with van der Waals surface area (Å²) in [4.78, 5) is 0.307. The molecule has 2 aromatic carbocycles. The predicted molar refractivity (Wildman–Crippen MR) is 97.0 cm³/mol. The van der Waals surface area contributed by atoms with Gasteiger partial charge >= 0.3 is 0 Å². The molecule has 0 radical (unpaired) electrons. The van der Waals surface area contributed by atoms with Crippen molar-refractivity contribution in [1.29, 1.82) is 0 Å². The molecule has 1 heterocycles. The summed E-state index contributed by atoms with van der Waals surface area (Å²) in [5, 5.41) is 7.76. The molecular weight excluding hydrogens is 338 g/mol. The lowest BCUT2D eigenvalue weighted by molar-refractivity contribution is 0.414. The number of nitrogens with one attached hydrogen (secondary N) is 1. The summed E-state index contributed by atoms with van der Waals surface area (Å²) in [6, 6.07) is 16.3. The summed E-state index contributed by atoms with van der Waals surface area (Å²) < 4.78 is 29.9. The van der Waals surface area contributed by atoms with Crippen molar-refractivity contribution < 1.29 is 13.2 Å².